The lowest BCUT2D eigenvalue weighted by Crippen LogP contribution is -2.02. The molecule has 3 nitrogen and oxygen atoms in total. The first-order valence-corrected chi connectivity index (χ1v) is 6.76. The van der Waals surface area contributed by atoms with Crippen LogP contribution in [0.15, 0.2) is 22.9 Å². The standard InChI is InChI=1S/C11H11N3S2/c1-7-6-16-11-13-10(8(5-12)14(7)11)9-3-2-4-15-9/h2-4,6H,5,12H2,1H3. The molecule has 0 amide bonds. The van der Waals surface area contributed by atoms with E-state index in [-0.39, 0.29) is 0 Å². The van der Waals surface area contributed by atoms with Crippen molar-refractivity contribution >= 4 is 27.6 Å². The number of hydrogen-bond acceptors (Lipinski definition) is 4. The lowest BCUT2D eigenvalue weighted by Gasteiger charge is -1.99. The second-order valence-corrected chi connectivity index (χ2v) is 5.37. The molecular formula is C11H11N3S2. The molecule has 82 valence electrons. The second kappa shape index (κ2) is 3.69. The number of thiophene rings is 1. The summed E-state index contributed by atoms with van der Waals surface area (Å²) in [4.78, 5) is 6.88. The molecule has 0 saturated carbocycles. The third-order valence-electron chi connectivity index (χ3n) is 2.58. The Morgan fingerprint density at radius 1 is 1.44 bits per heavy atom. The molecule has 2 N–H and O–H groups in total. The third-order valence-corrected chi connectivity index (χ3v) is 4.40. The zero-order chi connectivity index (χ0) is 11.1. The normalized spacial score (nSPS) is 11.4. The minimum absolute atomic E-state index is 0.520. The topological polar surface area (TPSA) is 43.3 Å². The van der Waals surface area contributed by atoms with Crippen LogP contribution in [0.2, 0.25) is 0 Å². The van der Waals surface area contributed by atoms with Gasteiger partial charge in [-0.15, -0.1) is 22.7 Å². The molecule has 3 heterocycles. The quantitative estimate of drug-likeness (QED) is 0.759. The van der Waals surface area contributed by atoms with E-state index < -0.39 is 0 Å². The largest absolute Gasteiger partial charge is 0.325 e. The van der Waals surface area contributed by atoms with Crippen LogP contribution in [-0.2, 0) is 6.54 Å². The molecule has 3 aromatic rings. The van der Waals surface area contributed by atoms with Gasteiger partial charge in [-0.1, -0.05) is 6.07 Å². The molecule has 0 fully saturated rings. The summed E-state index contributed by atoms with van der Waals surface area (Å²) in [7, 11) is 0. The Labute approximate surface area is 101 Å². The van der Waals surface area contributed by atoms with Crippen LogP contribution in [0.25, 0.3) is 15.5 Å². The summed E-state index contributed by atoms with van der Waals surface area (Å²) in [5.74, 6) is 0. The van der Waals surface area contributed by atoms with E-state index in [1.54, 1.807) is 22.7 Å². The molecule has 3 rings (SSSR count). The average Bonchev–Trinajstić information content (AvgIpc) is 2.95. The van der Waals surface area contributed by atoms with Crippen molar-refractivity contribution in [1.82, 2.24) is 9.38 Å². The lowest BCUT2D eigenvalue weighted by atomic mass is 10.2. The molecule has 0 spiro atoms. The van der Waals surface area contributed by atoms with Crippen molar-refractivity contribution in [3.63, 3.8) is 0 Å². The summed E-state index contributed by atoms with van der Waals surface area (Å²) in [5, 5.41) is 4.18. The molecule has 0 aliphatic carbocycles. The number of aromatic nitrogens is 2. The molecule has 0 aromatic carbocycles. The van der Waals surface area contributed by atoms with E-state index >= 15 is 0 Å². The summed E-state index contributed by atoms with van der Waals surface area (Å²) in [6, 6.07) is 4.13. The number of aryl methyl sites for hydroxylation is 1. The molecule has 0 aliphatic heterocycles. The van der Waals surface area contributed by atoms with Crippen LogP contribution < -0.4 is 5.73 Å². The fourth-order valence-corrected chi connectivity index (χ4v) is 3.48. The van der Waals surface area contributed by atoms with Crippen LogP contribution in [0, 0.1) is 6.92 Å². The van der Waals surface area contributed by atoms with Crippen molar-refractivity contribution in [2.24, 2.45) is 5.73 Å². The molecule has 0 aliphatic rings. The molecule has 0 bridgehead atoms. The minimum Gasteiger partial charge on any atom is -0.325 e. The Hall–Kier alpha value is -1.17. The van der Waals surface area contributed by atoms with Crippen molar-refractivity contribution in [2.75, 3.05) is 0 Å². The first-order valence-electron chi connectivity index (χ1n) is 5.00. The maximum absolute atomic E-state index is 5.84. The number of rotatable bonds is 2. The Morgan fingerprint density at radius 3 is 3.00 bits per heavy atom. The van der Waals surface area contributed by atoms with E-state index in [4.69, 9.17) is 5.73 Å². The highest BCUT2D eigenvalue weighted by atomic mass is 32.1. The van der Waals surface area contributed by atoms with E-state index in [0.29, 0.717) is 6.54 Å². The predicted molar refractivity (Wildman–Crippen MR) is 69.0 cm³/mol. The van der Waals surface area contributed by atoms with Gasteiger partial charge in [0.05, 0.1) is 10.6 Å². The fourth-order valence-electron chi connectivity index (χ4n) is 1.86. The van der Waals surface area contributed by atoms with Crippen molar-refractivity contribution < 1.29 is 0 Å². The zero-order valence-corrected chi connectivity index (χ0v) is 10.4. The number of thiazole rings is 1. The van der Waals surface area contributed by atoms with Crippen molar-refractivity contribution in [3.05, 3.63) is 34.3 Å². The van der Waals surface area contributed by atoms with Crippen molar-refractivity contribution in [2.45, 2.75) is 13.5 Å². The van der Waals surface area contributed by atoms with Crippen molar-refractivity contribution in [1.29, 1.82) is 0 Å². The monoisotopic (exact) mass is 249 g/mol. The number of imidazole rings is 1. The smallest absolute Gasteiger partial charge is 0.194 e. The molecule has 3 aromatic heterocycles. The van der Waals surface area contributed by atoms with Crippen molar-refractivity contribution in [3.8, 4) is 10.6 Å². The summed E-state index contributed by atoms with van der Waals surface area (Å²) >= 11 is 3.37. The fraction of sp³-hybridized carbons (Fsp3) is 0.182. The SMILES string of the molecule is Cc1csc2nc(-c3cccs3)c(CN)n12. The highest BCUT2D eigenvalue weighted by Gasteiger charge is 2.15. The first kappa shape index (κ1) is 10.0. The number of hydrogen-bond donors (Lipinski definition) is 1. The van der Waals surface area contributed by atoms with Crippen LogP contribution >= 0.6 is 22.7 Å². The second-order valence-electron chi connectivity index (χ2n) is 3.58. The molecule has 16 heavy (non-hydrogen) atoms. The number of nitrogens with zero attached hydrogens (tertiary/aromatic N) is 2. The van der Waals surface area contributed by atoms with Gasteiger partial charge < -0.3 is 5.73 Å². The minimum atomic E-state index is 0.520. The number of fused-ring (bicyclic) bond motifs is 1. The summed E-state index contributed by atoms with van der Waals surface area (Å²) in [5.41, 5.74) is 9.19. The Bertz CT molecular complexity index is 619. The summed E-state index contributed by atoms with van der Waals surface area (Å²) < 4.78 is 2.15. The molecule has 5 heteroatoms. The van der Waals surface area contributed by atoms with E-state index in [2.05, 4.69) is 33.1 Å². The highest BCUT2D eigenvalue weighted by molar-refractivity contribution is 7.15. The van der Waals surface area contributed by atoms with Gasteiger partial charge in [-0.05, 0) is 18.4 Å². The molecule has 0 atom stereocenters. The van der Waals surface area contributed by atoms with Gasteiger partial charge in [0, 0.05) is 17.6 Å². The molecule has 0 unspecified atom stereocenters. The van der Waals surface area contributed by atoms with Crippen LogP contribution in [0.5, 0.6) is 0 Å². The lowest BCUT2D eigenvalue weighted by molar-refractivity contribution is 0.947. The van der Waals surface area contributed by atoms with E-state index in [9.17, 15) is 0 Å². The van der Waals surface area contributed by atoms with Gasteiger partial charge in [0.15, 0.2) is 4.96 Å². The van der Waals surface area contributed by atoms with Crippen LogP contribution in [0.4, 0.5) is 0 Å². The van der Waals surface area contributed by atoms with Gasteiger partial charge in [-0.2, -0.15) is 0 Å². The van der Waals surface area contributed by atoms with Crippen LogP contribution in [-0.4, -0.2) is 9.38 Å². The Morgan fingerprint density at radius 2 is 2.31 bits per heavy atom. The number of nitrogens with two attached hydrogens (primary N) is 1. The summed E-state index contributed by atoms with van der Waals surface area (Å²) in [6.07, 6.45) is 0. The molecular weight excluding hydrogens is 238 g/mol. The van der Waals surface area contributed by atoms with E-state index in [1.165, 1.54) is 10.6 Å². The zero-order valence-electron chi connectivity index (χ0n) is 8.80. The molecule has 0 radical (unpaired) electrons. The van der Waals surface area contributed by atoms with Gasteiger partial charge in [-0.3, -0.25) is 4.40 Å². The van der Waals surface area contributed by atoms with Gasteiger partial charge >= 0.3 is 0 Å². The first-order chi connectivity index (χ1) is 7.81. The summed E-state index contributed by atoms with van der Waals surface area (Å²) in [6.45, 7) is 2.61. The maximum Gasteiger partial charge on any atom is 0.194 e. The maximum atomic E-state index is 5.84. The average molecular weight is 249 g/mol. The van der Waals surface area contributed by atoms with Gasteiger partial charge in [0.2, 0.25) is 0 Å². The molecule has 0 saturated heterocycles. The third kappa shape index (κ3) is 1.32. The Kier molecular flexibility index (Phi) is 2.31. The van der Waals surface area contributed by atoms with E-state index in [0.717, 1.165) is 16.3 Å². The van der Waals surface area contributed by atoms with Crippen LogP contribution in [0.3, 0.4) is 0 Å². The predicted octanol–water partition coefficient (Wildman–Crippen LogP) is 2.89. The van der Waals surface area contributed by atoms with Gasteiger partial charge in [0.1, 0.15) is 5.69 Å². The Balaban J connectivity index is 2.33. The van der Waals surface area contributed by atoms with Gasteiger partial charge in [0.25, 0.3) is 0 Å². The van der Waals surface area contributed by atoms with Gasteiger partial charge in [-0.25, -0.2) is 4.98 Å². The van der Waals surface area contributed by atoms with E-state index in [1.807, 2.05) is 6.07 Å². The highest BCUT2D eigenvalue weighted by Crippen LogP contribution is 2.30. The van der Waals surface area contributed by atoms with Crippen LogP contribution in [0.1, 0.15) is 11.4 Å².